The maximum Gasteiger partial charge on any atom is 0.339 e. The summed E-state index contributed by atoms with van der Waals surface area (Å²) in [5.74, 6) is -1.05. The SMILES string of the molecule is CCCc1ccnc(CC(=O)c2ccc(-n3c(=O)n(-c4cccc(N(C)C(=O)/C=C/CN(C)C)c4)c4ncnc(N)c43)cc2)c1.CN(C)C/C=C/C(=O)N(C)c1cccc(-n2c(=O)n(-c3ccc(C(=O)Cc4nccs4)cc3)c3c(N)ncnc32)c1.Cc1cc(CC(=O)c2ccc(-n3c(=O)n(-c4cccc(N(C)C(=O)/C=C/CN(C)C)c4)c4ncnc(N)c43)cc2)ncc1F. The Balaban J connectivity index is 0.000000166. The number of benzene rings is 6. The number of hydrogen-bond acceptors (Lipinski definition) is 25. The maximum atomic E-state index is 14.0. The van der Waals surface area contributed by atoms with E-state index >= 15 is 0 Å². The fourth-order valence-corrected chi connectivity index (χ4v) is 14.8. The van der Waals surface area contributed by atoms with Gasteiger partial charge in [0.1, 0.15) is 46.4 Å². The number of nitrogen functional groups attached to an aromatic ring is 3. The summed E-state index contributed by atoms with van der Waals surface area (Å²) in [6, 6.07) is 46.6. The average Bonchev–Trinajstić information content (AvgIpc) is 1.60. The Morgan fingerprint density at radius 3 is 1.08 bits per heavy atom. The van der Waals surface area contributed by atoms with E-state index in [-0.39, 0.29) is 77.4 Å². The minimum Gasteiger partial charge on any atom is -0.382 e. The van der Waals surface area contributed by atoms with E-state index in [2.05, 4.69) is 51.8 Å². The number of carbonyl (C=O) groups excluding carboxylic acids is 6. The first-order chi connectivity index (χ1) is 62.5. The monoisotopic (exact) mass is 1770 g/mol. The number of imidazole rings is 3. The van der Waals surface area contributed by atoms with Crippen molar-refractivity contribution in [2.75, 3.05) is 115 Å². The van der Waals surface area contributed by atoms with Gasteiger partial charge in [-0.3, -0.25) is 52.4 Å². The highest BCUT2D eigenvalue weighted by Gasteiger charge is 2.27. The number of likely N-dealkylation sites (N-methyl/N-ethyl adjacent to an activating group) is 6. The average molecular weight is 1770 g/mol. The number of aromatic nitrogens is 15. The summed E-state index contributed by atoms with van der Waals surface area (Å²) in [5.41, 5.74) is 28.2. The fourth-order valence-electron chi connectivity index (χ4n) is 14.2. The molecule has 0 aliphatic carbocycles. The second-order valence-corrected chi connectivity index (χ2v) is 32.1. The number of nitrogens with two attached hydrogens (primary N) is 3. The molecule has 3 amide bonds. The number of carbonyl (C=O) groups is 6. The van der Waals surface area contributed by atoms with Crippen LogP contribution in [-0.2, 0) is 40.1 Å². The van der Waals surface area contributed by atoms with Crippen LogP contribution < -0.4 is 49.0 Å². The van der Waals surface area contributed by atoms with Gasteiger partial charge < -0.3 is 46.6 Å². The molecule has 0 spiro atoms. The fraction of sp³-hybridized carbons (Fsp3) is 0.200. The first-order valence-electron chi connectivity index (χ1n) is 41.1. The summed E-state index contributed by atoms with van der Waals surface area (Å²) in [5, 5.41) is 2.57. The largest absolute Gasteiger partial charge is 0.382 e. The van der Waals surface area contributed by atoms with Crippen molar-refractivity contribution in [2.45, 2.75) is 46.0 Å². The lowest BCUT2D eigenvalue weighted by Crippen LogP contribution is -2.25. The molecule has 0 saturated carbocycles. The van der Waals surface area contributed by atoms with Crippen LogP contribution in [-0.4, -0.2) is 205 Å². The third-order valence-electron chi connectivity index (χ3n) is 20.9. The van der Waals surface area contributed by atoms with E-state index in [4.69, 9.17) is 17.2 Å². The molecule has 0 atom stereocenters. The number of ketones is 3. The standard InChI is InChI=1S/C34H36N8O3.C32H31FN8O3.C29H28N8O3S/c1-5-8-23-16-17-36-25(19-23)20-29(43)24-12-14-26(15-13-24)41-31-32(35)37-22-38-33(31)42(34(41)45)28-10-6-9-27(21-28)40(4)30(44)11-7-18-39(2)3;1-20-15-22(35-18-26(20)33)16-27(42)21-10-12-23(13-11-21)40-29-30(34)36-19-37-31(29)41(32(40)44)25-8-5-7-24(17-25)39(4)28(43)9-6-14-38(2)3;1-34(2)14-5-8-25(39)35(3)21-6-4-7-22(16-21)37-28-26(27(30)32-18-33-28)36(29(37)40)20-11-9-19(10-12-20)23(38)17-24-31-13-15-41-24/h6-7,9-17,19,21-22H,5,8,18,20H2,1-4H3,(H2,35,37,38);5-13,15,17-19H,14,16H2,1-4H3,(H2,34,36,37);4-13,15-16,18H,14,17H2,1-3H3,(H2,30,32,33)/b11-7+;9-6+;8-5+. The number of nitrogens with zero attached hydrogens (tertiary/aromatic N) is 21. The predicted molar refractivity (Wildman–Crippen MR) is 503 cm³/mol. The van der Waals surface area contributed by atoms with Crippen molar-refractivity contribution in [1.82, 2.24) is 87.0 Å². The molecule has 0 aliphatic heterocycles. The smallest absolute Gasteiger partial charge is 0.339 e. The molecule has 35 heteroatoms. The molecule has 15 rings (SSSR count). The zero-order chi connectivity index (χ0) is 92.7. The Bertz CT molecular complexity index is 7030. The molecule has 0 bridgehead atoms. The number of pyridine rings is 2. The second-order valence-electron chi connectivity index (χ2n) is 31.1. The van der Waals surface area contributed by atoms with Crippen LogP contribution in [0.1, 0.15) is 71.9 Å². The number of Topliss-reactive ketones (excluding diaryl/α,β-unsaturated/α-hetero) is 3. The highest BCUT2D eigenvalue weighted by molar-refractivity contribution is 7.09. The maximum absolute atomic E-state index is 14.0. The van der Waals surface area contributed by atoms with Crippen LogP contribution in [0.25, 0.3) is 67.6 Å². The minimum atomic E-state index is -0.464. The van der Waals surface area contributed by atoms with Crippen molar-refractivity contribution >= 4 is 114 Å². The van der Waals surface area contributed by atoms with Gasteiger partial charge in [-0.25, -0.2) is 67.4 Å². The number of hydrogen-bond donors (Lipinski definition) is 3. The lowest BCUT2D eigenvalue weighted by Gasteiger charge is -2.16. The van der Waals surface area contributed by atoms with Gasteiger partial charge in [-0.05, 0) is 212 Å². The highest BCUT2D eigenvalue weighted by atomic mass is 32.1. The van der Waals surface area contributed by atoms with Crippen LogP contribution in [0.15, 0.2) is 258 Å². The van der Waals surface area contributed by atoms with E-state index < -0.39 is 22.9 Å². The van der Waals surface area contributed by atoms with Gasteiger partial charge in [-0.2, -0.15) is 0 Å². The number of fused-ring (bicyclic) bond motifs is 3. The Labute approximate surface area is 750 Å². The number of aryl methyl sites for hydroxylation is 2. The van der Waals surface area contributed by atoms with Gasteiger partial charge in [-0.15, -0.1) is 11.3 Å². The predicted octanol–water partition coefficient (Wildman–Crippen LogP) is 10.6. The summed E-state index contributed by atoms with van der Waals surface area (Å²) >= 11 is 1.43. The van der Waals surface area contributed by atoms with Gasteiger partial charge >= 0.3 is 17.1 Å². The molecule has 130 heavy (non-hydrogen) atoms. The molecular formula is C95H95FN24O9S. The van der Waals surface area contributed by atoms with Crippen molar-refractivity contribution in [3.8, 4) is 34.1 Å². The van der Waals surface area contributed by atoms with Crippen molar-refractivity contribution < 1.29 is 33.2 Å². The quantitative estimate of drug-likeness (QED) is 0.0289. The lowest BCUT2D eigenvalue weighted by molar-refractivity contribution is -0.114. The summed E-state index contributed by atoms with van der Waals surface area (Å²) in [7, 11) is 16.5. The van der Waals surface area contributed by atoms with Crippen molar-refractivity contribution in [2.24, 2.45) is 0 Å². The first kappa shape index (κ1) is 91.8. The molecule has 0 fully saturated rings. The molecule has 15 aromatic rings. The zero-order valence-corrected chi connectivity index (χ0v) is 74.2. The molecule has 6 aromatic carbocycles. The second kappa shape index (κ2) is 41.1. The third-order valence-corrected chi connectivity index (χ3v) is 21.7. The molecule has 9 aromatic heterocycles. The molecule has 0 unspecified atom stereocenters. The van der Waals surface area contributed by atoms with Gasteiger partial charge in [0.15, 0.2) is 51.7 Å². The first-order valence-corrected chi connectivity index (χ1v) is 42.0. The summed E-state index contributed by atoms with van der Waals surface area (Å²) < 4.78 is 22.1. The molecule has 33 nitrogen and oxygen atoms in total. The van der Waals surface area contributed by atoms with E-state index in [1.54, 1.807) is 210 Å². The summed E-state index contributed by atoms with van der Waals surface area (Å²) in [6.45, 7) is 5.62. The molecular weight excluding hydrogens is 1670 g/mol. The molecule has 6 N–H and O–H groups in total. The molecule has 9 heterocycles. The third kappa shape index (κ3) is 21.0. The molecule has 662 valence electrons. The van der Waals surface area contributed by atoms with Crippen molar-refractivity contribution in [1.29, 1.82) is 0 Å². The van der Waals surface area contributed by atoms with Crippen LogP contribution in [0, 0.1) is 12.7 Å². The van der Waals surface area contributed by atoms with Crippen LogP contribution in [0.2, 0.25) is 0 Å². The van der Waals surface area contributed by atoms with E-state index in [9.17, 15) is 47.5 Å². The van der Waals surface area contributed by atoms with E-state index in [1.807, 2.05) is 74.5 Å². The Hall–Kier alpha value is -15.9. The normalized spacial score (nSPS) is 11.5. The van der Waals surface area contributed by atoms with E-state index in [0.717, 1.165) is 35.3 Å². The van der Waals surface area contributed by atoms with Crippen molar-refractivity contribution in [3.63, 3.8) is 0 Å². The van der Waals surface area contributed by atoms with Gasteiger partial charge in [0.2, 0.25) is 17.7 Å². The molecule has 0 aliphatic rings. The van der Waals surface area contributed by atoms with Crippen LogP contribution >= 0.6 is 11.3 Å². The number of thiazole rings is 1. The minimum absolute atomic E-state index is 0.000750. The molecule has 0 saturated heterocycles. The zero-order valence-electron chi connectivity index (χ0n) is 73.3. The number of amides is 3. The van der Waals surface area contributed by atoms with E-state index in [1.165, 1.54) is 90.6 Å². The summed E-state index contributed by atoms with van der Waals surface area (Å²) in [6.07, 6.45) is 20.6. The van der Waals surface area contributed by atoms with Crippen LogP contribution in [0.4, 0.5) is 38.9 Å². The van der Waals surface area contributed by atoms with Gasteiger partial charge in [0.25, 0.3) is 0 Å². The number of anilines is 6. The number of rotatable bonds is 29. The molecule has 0 radical (unpaired) electrons. The lowest BCUT2D eigenvalue weighted by atomic mass is 10.0. The highest BCUT2D eigenvalue weighted by Crippen LogP contribution is 2.31. The summed E-state index contributed by atoms with van der Waals surface area (Å²) in [4.78, 5) is 167. The Kier molecular flexibility index (Phi) is 29.0. The van der Waals surface area contributed by atoms with Crippen molar-refractivity contribution in [3.05, 3.63) is 325 Å². The van der Waals surface area contributed by atoms with E-state index in [0.29, 0.717) is 127 Å². The Morgan fingerprint density at radius 2 is 0.754 bits per heavy atom. The van der Waals surface area contributed by atoms with Crippen LogP contribution in [0.3, 0.4) is 0 Å². The Morgan fingerprint density at radius 1 is 0.400 bits per heavy atom. The van der Waals surface area contributed by atoms with Crippen LogP contribution in [0.5, 0.6) is 0 Å². The number of halogens is 1. The topological polar surface area (TPSA) is 397 Å². The van der Waals surface area contributed by atoms with Gasteiger partial charge in [0, 0.05) is 122 Å². The van der Waals surface area contributed by atoms with Gasteiger partial charge in [-0.1, -0.05) is 49.8 Å². The van der Waals surface area contributed by atoms with Gasteiger partial charge in [0.05, 0.1) is 59.6 Å².